The molecule has 174 valence electrons. The van der Waals surface area contributed by atoms with Crippen LogP contribution in [-0.2, 0) is 15.3 Å². The minimum absolute atomic E-state index is 0.143. The van der Waals surface area contributed by atoms with E-state index in [1.54, 1.807) is 18.7 Å². The van der Waals surface area contributed by atoms with Gasteiger partial charge in [0.2, 0.25) is 5.76 Å². The summed E-state index contributed by atoms with van der Waals surface area (Å²) in [6.07, 6.45) is 5.09. The van der Waals surface area contributed by atoms with Crippen molar-refractivity contribution in [2.45, 2.75) is 55.8 Å². The number of benzene rings is 2. The van der Waals surface area contributed by atoms with Gasteiger partial charge in [0.25, 0.3) is 5.91 Å². The number of fused-ring (bicyclic) bond motifs is 1. The Morgan fingerprint density at radius 1 is 1.12 bits per heavy atom. The van der Waals surface area contributed by atoms with Crippen molar-refractivity contribution in [3.8, 4) is 0 Å². The fourth-order valence-corrected chi connectivity index (χ4v) is 5.19. The Kier molecular flexibility index (Phi) is 7.99. The molecule has 7 heteroatoms. The molecule has 1 heterocycles. The number of nitrogens with one attached hydrogen (secondary N) is 1. The highest BCUT2D eigenvalue weighted by molar-refractivity contribution is 7.98. The zero-order valence-electron chi connectivity index (χ0n) is 18.6. The minimum atomic E-state index is -0.897. The van der Waals surface area contributed by atoms with E-state index < -0.39 is 12.1 Å². The lowest BCUT2D eigenvalue weighted by Gasteiger charge is -2.22. The molecule has 0 aliphatic heterocycles. The predicted octanol–water partition coefficient (Wildman–Crippen LogP) is 6.62. The van der Waals surface area contributed by atoms with Crippen molar-refractivity contribution in [3.63, 3.8) is 0 Å². The van der Waals surface area contributed by atoms with E-state index >= 15 is 0 Å². The van der Waals surface area contributed by atoms with E-state index in [-0.39, 0.29) is 11.7 Å². The van der Waals surface area contributed by atoms with Gasteiger partial charge in [0.1, 0.15) is 5.58 Å². The Labute approximate surface area is 203 Å². The molecule has 1 fully saturated rings. The number of hydrogen-bond donors (Lipinski definition) is 1. The van der Waals surface area contributed by atoms with E-state index in [9.17, 15) is 9.59 Å². The maximum absolute atomic E-state index is 13.0. The first kappa shape index (κ1) is 23.7. The number of esters is 1. The molecule has 1 aliphatic carbocycles. The van der Waals surface area contributed by atoms with Crippen LogP contribution in [-0.4, -0.2) is 24.5 Å². The van der Waals surface area contributed by atoms with Crippen LogP contribution in [0, 0.1) is 5.92 Å². The summed E-state index contributed by atoms with van der Waals surface area (Å²) in [4.78, 5) is 26.5. The number of para-hydroxylation sites is 1. The number of thioether (sulfide) groups is 1. The monoisotopic (exact) mass is 485 g/mol. The summed E-state index contributed by atoms with van der Waals surface area (Å²) in [5, 5.41) is 4.48. The number of amides is 1. The maximum Gasteiger partial charge on any atom is 0.375 e. The Balaban J connectivity index is 1.43. The van der Waals surface area contributed by atoms with E-state index in [1.165, 1.54) is 19.3 Å². The number of hydrogen-bond acceptors (Lipinski definition) is 5. The standard InChI is InChI=1S/C26H28ClNO4S/c1-17(25(29)28-15-18-7-3-2-4-8-18)31-26(30)24-22(21-9-5-6-10-23(21)32-24)16-33-20-13-11-19(27)12-14-20/h5-6,9-14,17-18H,2-4,7-8,15-16H2,1H3,(H,28,29)/t17-/m1/s1. The molecule has 0 radical (unpaired) electrons. The quantitative estimate of drug-likeness (QED) is 0.287. The van der Waals surface area contributed by atoms with Crippen LogP contribution in [0.15, 0.2) is 57.8 Å². The van der Waals surface area contributed by atoms with Gasteiger partial charge in [-0.25, -0.2) is 4.79 Å². The third kappa shape index (κ3) is 6.12. The number of furan rings is 1. The van der Waals surface area contributed by atoms with Crippen LogP contribution in [0.3, 0.4) is 0 Å². The lowest BCUT2D eigenvalue weighted by atomic mass is 9.89. The molecule has 1 N–H and O–H groups in total. The van der Waals surface area contributed by atoms with Gasteiger partial charge < -0.3 is 14.5 Å². The molecule has 0 spiro atoms. The van der Waals surface area contributed by atoms with Gasteiger partial charge in [0.05, 0.1) is 0 Å². The van der Waals surface area contributed by atoms with Gasteiger partial charge in [-0.3, -0.25) is 4.79 Å². The SMILES string of the molecule is C[C@@H](OC(=O)c1oc2ccccc2c1CSc1ccc(Cl)cc1)C(=O)NCC1CCCCC1. The normalized spacial score (nSPS) is 15.3. The molecule has 0 bridgehead atoms. The van der Waals surface area contributed by atoms with Gasteiger partial charge in [0, 0.05) is 33.2 Å². The van der Waals surface area contributed by atoms with E-state index in [4.69, 9.17) is 20.8 Å². The fourth-order valence-electron chi connectivity index (χ4n) is 4.14. The minimum Gasteiger partial charge on any atom is -0.449 e. The number of carbonyl (C=O) groups is 2. The van der Waals surface area contributed by atoms with Crippen LogP contribution < -0.4 is 5.32 Å². The molecule has 33 heavy (non-hydrogen) atoms. The summed E-state index contributed by atoms with van der Waals surface area (Å²) >= 11 is 7.56. The Morgan fingerprint density at radius 2 is 1.85 bits per heavy atom. The van der Waals surface area contributed by atoms with Crippen molar-refractivity contribution < 1.29 is 18.7 Å². The van der Waals surface area contributed by atoms with Crippen molar-refractivity contribution >= 4 is 46.2 Å². The summed E-state index contributed by atoms with van der Waals surface area (Å²) < 4.78 is 11.4. The van der Waals surface area contributed by atoms with Gasteiger partial charge in [-0.2, -0.15) is 0 Å². The summed E-state index contributed by atoms with van der Waals surface area (Å²) in [6, 6.07) is 15.1. The zero-order chi connectivity index (χ0) is 23.2. The van der Waals surface area contributed by atoms with Crippen LogP contribution in [0.4, 0.5) is 0 Å². The van der Waals surface area contributed by atoms with Gasteiger partial charge in [-0.1, -0.05) is 49.1 Å². The highest BCUT2D eigenvalue weighted by Crippen LogP contribution is 2.33. The fraction of sp³-hybridized carbons (Fsp3) is 0.385. The highest BCUT2D eigenvalue weighted by Gasteiger charge is 2.26. The van der Waals surface area contributed by atoms with Crippen molar-refractivity contribution in [1.29, 1.82) is 0 Å². The van der Waals surface area contributed by atoms with E-state index in [0.717, 1.165) is 28.7 Å². The second-order valence-electron chi connectivity index (χ2n) is 8.45. The molecule has 5 nitrogen and oxygen atoms in total. The van der Waals surface area contributed by atoms with Gasteiger partial charge in [-0.05, 0) is 56.0 Å². The van der Waals surface area contributed by atoms with E-state index in [0.29, 0.717) is 28.8 Å². The number of ether oxygens (including phenoxy) is 1. The Bertz CT molecular complexity index is 1110. The van der Waals surface area contributed by atoms with Crippen LogP contribution in [0.1, 0.15) is 55.1 Å². The third-order valence-corrected chi connectivity index (χ3v) is 7.31. The largest absolute Gasteiger partial charge is 0.449 e. The highest BCUT2D eigenvalue weighted by atomic mass is 35.5. The van der Waals surface area contributed by atoms with Crippen molar-refractivity contribution in [1.82, 2.24) is 5.32 Å². The Morgan fingerprint density at radius 3 is 2.61 bits per heavy atom. The van der Waals surface area contributed by atoms with Gasteiger partial charge in [0.15, 0.2) is 6.10 Å². The van der Waals surface area contributed by atoms with Crippen LogP contribution in [0.25, 0.3) is 11.0 Å². The molecule has 1 saturated carbocycles. The zero-order valence-corrected chi connectivity index (χ0v) is 20.2. The van der Waals surface area contributed by atoms with Crippen LogP contribution in [0.5, 0.6) is 0 Å². The lowest BCUT2D eigenvalue weighted by molar-refractivity contribution is -0.129. The molecule has 1 amide bonds. The molecule has 1 atom stereocenters. The Hall–Kier alpha value is -2.44. The van der Waals surface area contributed by atoms with Crippen molar-refractivity contribution in [2.24, 2.45) is 5.92 Å². The topological polar surface area (TPSA) is 68.5 Å². The molecule has 0 saturated heterocycles. The average Bonchev–Trinajstić information content (AvgIpc) is 3.21. The number of halogens is 1. The molecule has 4 rings (SSSR count). The number of rotatable bonds is 8. The van der Waals surface area contributed by atoms with Crippen molar-refractivity contribution in [3.05, 3.63) is 64.9 Å². The molecule has 1 aromatic heterocycles. The molecular formula is C26H28ClNO4S. The van der Waals surface area contributed by atoms with E-state index in [2.05, 4.69) is 5.32 Å². The summed E-state index contributed by atoms with van der Waals surface area (Å²) in [5.41, 5.74) is 1.37. The molecular weight excluding hydrogens is 458 g/mol. The summed E-state index contributed by atoms with van der Waals surface area (Å²) in [7, 11) is 0. The second-order valence-corrected chi connectivity index (χ2v) is 9.93. The summed E-state index contributed by atoms with van der Waals surface area (Å²) in [6.45, 7) is 2.23. The van der Waals surface area contributed by atoms with E-state index in [1.807, 2.05) is 48.5 Å². The predicted molar refractivity (Wildman–Crippen MR) is 132 cm³/mol. The first-order valence-electron chi connectivity index (χ1n) is 11.4. The molecule has 3 aromatic rings. The first-order chi connectivity index (χ1) is 16.0. The second kappa shape index (κ2) is 11.1. The third-order valence-electron chi connectivity index (χ3n) is 6.02. The smallest absolute Gasteiger partial charge is 0.375 e. The first-order valence-corrected chi connectivity index (χ1v) is 12.7. The van der Waals surface area contributed by atoms with Crippen molar-refractivity contribution in [2.75, 3.05) is 6.54 Å². The van der Waals surface area contributed by atoms with Crippen LogP contribution >= 0.6 is 23.4 Å². The maximum atomic E-state index is 13.0. The van der Waals surface area contributed by atoms with Crippen LogP contribution in [0.2, 0.25) is 5.02 Å². The van der Waals surface area contributed by atoms with Gasteiger partial charge >= 0.3 is 5.97 Å². The van der Waals surface area contributed by atoms with Gasteiger partial charge in [-0.15, -0.1) is 11.8 Å². The summed E-state index contributed by atoms with van der Waals surface area (Å²) in [5.74, 6) is 0.271. The number of carbonyl (C=O) groups excluding carboxylic acids is 2. The average molecular weight is 486 g/mol. The molecule has 2 aromatic carbocycles. The lowest BCUT2D eigenvalue weighted by Crippen LogP contribution is -2.38. The molecule has 0 unspecified atom stereocenters. The molecule has 1 aliphatic rings.